The van der Waals surface area contributed by atoms with Gasteiger partial charge in [0, 0.05) is 85.9 Å². The van der Waals surface area contributed by atoms with Crippen molar-refractivity contribution in [1.29, 1.82) is 0 Å². The first-order valence-corrected chi connectivity index (χ1v) is 31.7. The molecule has 0 aliphatic rings. The van der Waals surface area contributed by atoms with Crippen molar-refractivity contribution in [3.8, 4) is 23.0 Å². The Morgan fingerprint density at radius 3 is 1.00 bits per heavy atom. The van der Waals surface area contributed by atoms with Crippen molar-refractivity contribution in [2.45, 2.75) is 54.9 Å². The molecule has 0 atom stereocenters. The van der Waals surface area contributed by atoms with Gasteiger partial charge >= 0.3 is 0 Å². The molecule has 0 aliphatic carbocycles. The van der Waals surface area contributed by atoms with Gasteiger partial charge in [-0.25, -0.2) is 0 Å². The first-order valence-electron chi connectivity index (χ1n) is 30.9. The van der Waals surface area contributed by atoms with Gasteiger partial charge in [0.1, 0.15) is 23.0 Å². The second-order valence-corrected chi connectivity index (χ2v) is 23.6. The Kier molecular flexibility index (Phi) is 26.8. The number of Topliss-reactive ketones (excluding diaryl/α,β-unsaturated/α-hetero) is 1. The minimum atomic E-state index is -0.602. The number of carbonyl (C=O) groups excluding carboxylic acids is 6. The number of hydrogen-bond acceptors (Lipinski definition) is 13. The average molecular weight is 1360 g/mol. The molecule has 11 aromatic rings. The van der Waals surface area contributed by atoms with Crippen molar-refractivity contribution in [3.05, 3.63) is 321 Å². The van der Waals surface area contributed by atoms with Crippen LogP contribution in [0.4, 0.5) is 45.5 Å². The number of ketones is 1. The van der Waals surface area contributed by atoms with Gasteiger partial charge in [-0.1, -0.05) is 92.4 Å². The Bertz CT molecular complexity index is 4540. The molecule has 12 N–H and O–H groups in total. The fourth-order valence-corrected chi connectivity index (χ4v) is 10.1. The fourth-order valence-electron chi connectivity index (χ4n) is 9.86. The van der Waals surface area contributed by atoms with E-state index in [9.17, 15) is 28.8 Å². The first-order chi connectivity index (χ1) is 46.9. The molecule has 0 bridgehead atoms. The maximum absolute atomic E-state index is 13.2. The molecule has 0 saturated heterocycles. The zero-order valence-electron chi connectivity index (χ0n) is 54.8. The van der Waals surface area contributed by atoms with Crippen LogP contribution in [0.5, 0.6) is 23.0 Å². The summed E-state index contributed by atoms with van der Waals surface area (Å²) >= 11 is 10.4. The highest BCUT2D eigenvalue weighted by molar-refractivity contribution is 6.69. The van der Waals surface area contributed by atoms with E-state index in [0.29, 0.717) is 50.8 Å². The number of amides is 3. The SMILES string of the molecule is C.CNc1ccc(Cc2ccc(NC(=O)c3cccc(C(=O)Nc4ccc(Oc5ccc(NC(=O)c6cccc(C(C)=O)c6)cc5)cc4)c3)c(C)c2)cc1C.Cc1cc(Cc2ccc(N)c(C)c2)ccc1N.Nc1ccc(Oc2ccc(N)cc2)cc1.O=C(Cl)c1cccc(C(=O)Cl)c1. The number of nitrogen functional groups attached to an aromatic ring is 4. The third kappa shape index (κ3) is 22.6. The van der Waals surface area contributed by atoms with Crippen LogP contribution in [-0.2, 0) is 12.8 Å². The van der Waals surface area contributed by atoms with Gasteiger partial charge in [-0.15, -0.1) is 0 Å². The molecule has 504 valence electrons. The summed E-state index contributed by atoms with van der Waals surface area (Å²) in [5, 5.41) is 10.7. The van der Waals surface area contributed by atoms with Crippen molar-refractivity contribution < 1.29 is 38.2 Å². The minimum absolute atomic E-state index is 0. The summed E-state index contributed by atoms with van der Waals surface area (Å²) < 4.78 is 11.5. The van der Waals surface area contributed by atoms with E-state index in [0.717, 1.165) is 75.0 Å². The molecule has 0 heterocycles. The molecule has 0 spiro atoms. The van der Waals surface area contributed by atoms with E-state index in [-0.39, 0.29) is 42.1 Å². The molecule has 3 amide bonds. The van der Waals surface area contributed by atoms with Gasteiger partial charge in [0.25, 0.3) is 28.2 Å². The van der Waals surface area contributed by atoms with Gasteiger partial charge in [-0.2, -0.15) is 0 Å². The van der Waals surface area contributed by atoms with E-state index in [1.165, 1.54) is 47.4 Å². The van der Waals surface area contributed by atoms with E-state index >= 15 is 0 Å². The van der Waals surface area contributed by atoms with Crippen LogP contribution in [0.1, 0.15) is 121 Å². The van der Waals surface area contributed by atoms with E-state index in [2.05, 4.69) is 76.7 Å². The van der Waals surface area contributed by atoms with Gasteiger partial charge in [0.05, 0.1) is 0 Å². The van der Waals surface area contributed by atoms with Crippen molar-refractivity contribution in [3.63, 3.8) is 0 Å². The molecule has 11 rings (SSSR count). The molecular formula is C81H78Cl2N8O8. The molecule has 0 fully saturated rings. The number of aryl methyl sites for hydroxylation is 4. The standard InChI is InChI=1S/C45H40N4O5.C15H18N2.C12H12N2O.C8H4Cl2O2.CH4/c1-28-23-31(11-21-41(28)46-4)25-32-12-22-42(29(2)24-32)49-45(53)36-10-6-9-35(27-36)44(52)48-38-15-19-40(20-16-38)54-39-17-13-37(14-18-39)47-43(51)34-8-5-7-33(26-34)30(3)50;1-10-7-12(3-5-14(10)16)9-13-4-6-15(17)11(2)8-13;13-9-1-5-11(6-2-9)15-12-7-3-10(14)4-8-12;9-7(11)5-2-1-3-6(4-5)8(10)12;/h5-24,26-27,46H,25H2,1-4H3,(H,47,51)(H,48,52)(H,49,53);3-8H,9,16-17H2,1-2H3;1-8H,13-14H2;1-4H;1H4. The molecule has 18 heteroatoms. The molecule has 11 aromatic carbocycles. The van der Waals surface area contributed by atoms with Crippen LogP contribution < -0.4 is 53.7 Å². The number of benzene rings is 11. The Balaban J connectivity index is 0.000000244. The van der Waals surface area contributed by atoms with Crippen LogP contribution in [0.3, 0.4) is 0 Å². The number of rotatable bonds is 18. The van der Waals surface area contributed by atoms with Crippen LogP contribution in [-0.4, -0.2) is 41.0 Å². The number of anilines is 8. The molecule has 0 aromatic heterocycles. The molecular weight excluding hydrogens is 1280 g/mol. The molecule has 0 radical (unpaired) electrons. The van der Waals surface area contributed by atoms with Gasteiger partial charge in [-0.05, 0) is 273 Å². The van der Waals surface area contributed by atoms with Crippen molar-refractivity contribution in [2.75, 3.05) is 51.2 Å². The maximum Gasteiger partial charge on any atom is 0.255 e. The van der Waals surface area contributed by atoms with Crippen LogP contribution in [0.2, 0.25) is 0 Å². The minimum Gasteiger partial charge on any atom is -0.457 e. The second kappa shape index (κ2) is 35.7. The molecule has 0 unspecified atom stereocenters. The van der Waals surface area contributed by atoms with Crippen molar-refractivity contribution >= 4 is 103 Å². The van der Waals surface area contributed by atoms with Crippen LogP contribution in [0.25, 0.3) is 0 Å². The highest BCUT2D eigenvalue weighted by atomic mass is 35.5. The third-order valence-corrected chi connectivity index (χ3v) is 15.7. The lowest BCUT2D eigenvalue weighted by atomic mass is 10.00. The Morgan fingerprint density at radius 1 is 0.354 bits per heavy atom. The third-order valence-electron chi connectivity index (χ3n) is 15.3. The fraction of sp³-hybridized carbons (Fsp3) is 0.111. The van der Waals surface area contributed by atoms with Gasteiger partial charge in [0.2, 0.25) is 0 Å². The number of carbonyl (C=O) groups is 6. The molecule has 99 heavy (non-hydrogen) atoms. The Morgan fingerprint density at radius 2 is 0.657 bits per heavy atom. The highest BCUT2D eigenvalue weighted by Gasteiger charge is 2.15. The van der Waals surface area contributed by atoms with E-state index < -0.39 is 10.5 Å². The summed E-state index contributed by atoms with van der Waals surface area (Å²) in [6, 6.07) is 72.1. The van der Waals surface area contributed by atoms with Gasteiger partial charge in [0.15, 0.2) is 5.78 Å². The highest BCUT2D eigenvalue weighted by Crippen LogP contribution is 2.28. The maximum atomic E-state index is 13.2. The topological polar surface area (TPSA) is 273 Å². The number of nitrogens with one attached hydrogen (secondary N) is 4. The summed E-state index contributed by atoms with van der Waals surface area (Å²) in [7, 11) is 1.91. The van der Waals surface area contributed by atoms with Crippen LogP contribution >= 0.6 is 23.2 Å². The predicted octanol–water partition coefficient (Wildman–Crippen LogP) is 18.5. The zero-order valence-corrected chi connectivity index (χ0v) is 56.4. The van der Waals surface area contributed by atoms with E-state index in [1.807, 2.05) is 76.3 Å². The normalized spacial score (nSPS) is 10.2. The summed E-state index contributed by atoms with van der Waals surface area (Å²) in [4.78, 5) is 71.9. The second-order valence-electron chi connectivity index (χ2n) is 22.9. The van der Waals surface area contributed by atoms with Gasteiger partial charge in [-0.3, -0.25) is 28.8 Å². The number of hydrogen-bond donors (Lipinski definition) is 8. The summed E-state index contributed by atoms with van der Waals surface area (Å²) in [5.41, 5.74) is 40.3. The predicted molar refractivity (Wildman–Crippen MR) is 404 cm³/mol. The average Bonchev–Trinajstić information content (AvgIpc) is 0.880. The van der Waals surface area contributed by atoms with E-state index in [4.69, 9.17) is 55.6 Å². The quantitative estimate of drug-likeness (QED) is 0.0226. The van der Waals surface area contributed by atoms with Gasteiger partial charge < -0.3 is 53.7 Å². The summed E-state index contributed by atoms with van der Waals surface area (Å²) in [5.74, 6) is 1.51. The lowest BCUT2D eigenvalue weighted by Gasteiger charge is -2.12. The number of ether oxygens (including phenoxy) is 2. The summed E-state index contributed by atoms with van der Waals surface area (Å²) in [6.45, 7) is 9.58. The van der Waals surface area contributed by atoms with Crippen LogP contribution in [0, 0.1) is 27.7 Å². The lowest BCUT2D eigenvalue weighted by molar-refractivity contribution is 0.100. The van der Waals surface area contributed by atoms with E-state index in [1.54, 1.807) is 127 Å². The first kappa shape index (κ1) is 74.4. The molecule has 0 aliphatic heterocycles. The van der Waals surface area contributed by atoms with Crippen molar-refractivity contribution in [1.82, 2.24) is 0 Å². The zero-order chi connectivity index (χ0) is 70.4. The lowest BCUT2D eigenvalue weighted by Crippen LogP contribution is -2.16. The molecule has 16 nitrogen and oxygen atoms in total. The number of halogens is 2. The van der Waals surface area contributed by atoms with Crippen LogP contribution in [0.15, 0.2) is 243 Å². The Labute approximate surface area is 587 Å². The monoisotopic (exact) mass is 1360 g/mol. The largest absolute Gasteiger partial charge is 0.457 e. The number of nitrogens with two attached hydrogens (primary N) is 4. The summed E-state index contributed by atoms with van der Waals surface area (Å²) in [6.07, 6.45) is 1.70. The molecule has 0 saturated carbocycles. The smallest absolute Gasteiger partial charge is 0.255 e. The Hall–Kier alpha value is -12.0. The van der Waals surface area contributed by atoms with Crippen molar-refractivity contribution in [2.24, 2.45) is 0 Å².